The third kappa shape index (κ3) is 2.57. The highest BCUT2D eigenvalue weighted by Crippen LogP contribution is 2.29. The Balaban J connectivity index is 2.21. The molecule has 1 saturated heterocycles. The minimum absolute atomic E-state index is 0.0273. The van der Waals surface area contributed by atoms with Gasteiger partial charge in [-0.1, -0.05) is 0 Å². The lowest BCUT2D eigenvalue weighted by molar-refractivity contribution is -0.160. The number of aliphatic hydroxyl groups excluding tert-OH is 2. The molecule has 2 rings (SSSR count). The number of aliphatic carboxylic acids is 1. The van der Waals surface area contributed by atoms with Crippen molar-refractivity contribution in [3.63, 3.8) is 0 Å². The van der Waals surface area contributed by atoms with E-state index in [1.165, 1.54) is 12.3 Å². The summed E-state index contributed by atoms with van der Waals surface area (Å²) in [6.07, 6.45) is -3.95. The highest BCUT2D eigenvalue weighted by atomic mass is 16.5. The number of aliphatic hydroxyl groups is 2. The number of nitrogen functional groups attached to an aromatic ring is 1. The van der Waals surface area contributed by atoms with E-state index in [1.54, 1.807) is 0 Å². The van der Waals surface area contributed by atoms with E-state index in [4.69, 9.17) is 15.6 Å². The van der Waals surface area contributed by atoms with E-state index in [0.717, 1.165) is 4.57 Å². The monoisotopic (exact) mass is 271 g/mol. The largest absolute Gasteiger partial charge is 0.479 e. The predicted molar refractivity (Wildman–Crippen MR) is 61.1 cm³/mol. The molecule has 104 valence electrons. The molecule has 1 aliphatic heterocycles. The Labute approximate surface area is 106 Å². The van der Waals surface area contributed by atoms with Crippen molar-refractivity contribution in [3.8, 4) is 0 Å². The molecule has 1 aromatic rings. The van der Waals surface area contributed by atoms with E-state index in [-0.39, 0.29) is 12.2 Å². The minimum atomic E-state index is -1.86. The first-order valence-corrected chi connectivity index (χ1v) is 5.49. The van der Waals surface area contributed by atoms with Gasteiger partial charge in [-0.05, 0) is 6.07 Å². The molecule has 0 amide bonds. The molecular weight excluding hydrogens is 258 g/mol. The van der Waals surface area contributed by atoms with E-state index < -0.39 is 36.2 Å². The topological polar surface area (TPSA) is 148 Å². The first-order valence-electron chi connectivity index (χ1n) is 5.49. The van der Waals surface area contributed by atoms with Crippen LogP contribution in [-0.2, 0) is 9.53 Å². The Bertz CT molecular complexity index is 544. The Morgan fingerprint density at radius 3 is 2.89 bits per heavy atom. The maximum Gasteiger partial charge on any atom is 0.351 e. The number of aromatic nitrogens is 2. The second-order valence-electron chi connectivity index (χ2n) is 4.18. The molecule has 1 aliphatic rings. The zero-order chi connectivity index (χ0) is 14.2. The van der Waals surface area contributed by atoms with Gasteiger partial charge in [-0.2, -0.15) is 4.98 Å². The summed E-state index contributed by atoms with van der Waals surface area (Å²) >= 11 is 0. The number of ether oxygens (including phenoxy) is 1. The van der Waals surface area contributed by atoms with Crippen LogP contribution in [0, 0.1) is 0 Å². The van der Waals surface area contributed by atoms with Gasteiger partial charge >= 0.3 is 11.7 Å². The molecule has 0 bridgehead atoms. The average molecular weight is 271 g/mol. The number of hydrogen-bond acceptors (Lipinski definition) is 7. The predicted octanol–water partition coefficient (Wildman–Crippen LogP) is -2.08. The third-order valence-corrected chi connectivity index (χ3v) is 2.86. The van der Waals surface area contributed by atoms with Crippen LogP contribution in [0.2, 0.25) is 0 Å². The van der Waals surface area contributed by atoms with Crippen molar-refractivity contribution in [2.24, 2.45) is 0 Å². The minimum Gasteiger partial charge on any atom is -0.479 e. The number of rotatable bonds is 3. The first kappa shape index (κ1) is 13.5. The van der Waals surface area contributed by atoms with E-state index in [2.05, 4.69) is 4.98 Å². The molecule has 19 heavy (non-hydrogen) atoms. The van der Waals surface area contributed by atoms with Crippen molar-refractivity contribution in [2.45, 2.75) is 31.0 Å². The fourth-order valence-corrected chi connectivity index (χ4v) is 1.92. The summed E-state index contributed by atoms with van der Waals surface area (Å²) in [4.78, 5) is 25.7. The summed E-state index contributed by atoms with van der Waals surface area (Å²) < 4.78 is 6.28. The average Bonchev–Trinajstić information content (AvgIpc) is 2.69. The lowest BCUT2D eigenvalue weighted by Crippen LogP contribution is -2.40. The Kier molecular flexibility index (Phi) is 3.51. The van der Waals surface area contributed by atoms with Crippen molar-refractivity contribution in [2.75, 3.05) is 5.73 Å². The molecule has 5 N–H and O–H groups in total. The second-order valence-corrected chi connectivity index (χ2v) is 4.18. The van der Waals surface area contributed by atoms with Gasteiger partial charge in [0, 0.05) is 12.6 Å². The second kappa shape index (κ2) is 4.96. The molecule has 2 heterocycles. The van der Waals surface area contributed by atoms with Crippen LogP contribution in [0.25, 0.3) is 0 Å². The maximum absolute atomic E-state index is 11.6. The molecule has 0 saturated carbocycles. The highest BCUT2D eigenvalue weighted by molar-refractivity contribution is 5.72. The molecule has 1 fully saturated rings. The van der Waals surface area contributed by atoms with E-state index in [9.17, 15) is 19.8 Å². The molecule has 4 atom stereocenters. The Morgan fingerprint density at radius 2 is 2.32 bits per heavy atom. The molecule has 0 aliphatic carbocycles. The number of anilines is 1. The van der Waals surface area contributed by atoms with Crippen LogP contribution in [0.1, 0.15) is 12.6 Å². The van der Waals surface area contributed by atoms with Gasteiger partial charge in [0.15, 0.2) is 6.10 Å². The number of carboxylic acid groups (broad SMARTS) is 1. The van der Waals surface area contributed by atoms with Crippen LogP contribution in [0.3, 0.4) is 0 Å². The quantitative estimate of drug-likeness (QED) is 0.489. The van der Waals surface area contributed by atoms with Gasteiger partial charge < -0.3 is 25.8 Å². The van der Waals surface area contributed by atoms with Crippen LogP contribution in [0.5, 0.6) is 0 Å². The van der Waals surface area contributed by atoms with Gasteiger partial charge in [0.25, 0.3) is 0 Å². The van der Waals surface area contributed by atoms with Gasteiger partial charge in [-0.3, -0.25) is 4.57 Å². The lowest BCUT2D eigenvalue weighted by Gasteiger charge is -2.18. The van der Waals surface area contributed by atoms with Crippen molar-refractivity contribution < 1.29 is 24.9 Å². The first-order chi connectivity index (χ1) is 8.90. The number of nitrogens with zero attached hydrogens (tertiary/aromatic N) is 2. The van der Waals surface area contributed by atoms with Crippen molar-refractivity contribution in [3.05, 3.63) is 22.7 Å². The number of nitrogens with two attached hydrogens (primary N) is 1. The Morgan fingerprint density at radius 1 is 1.63 bits per heavy atom. The fourth-order valence-electron chi connectivity index (χ4n) is 1.92. The summed E-state index contributed by atoms with van der Waals surface area (Å²) in [6.45, 7) is 0. The summed E-state index contributed by atoms with van der Waals surface area (Å²) in [5.74, 6) is -1.46. The van der Waals surface area contributed by atoms with Gasteiger partial charge in [-0.15, -0.1) is 0 Å². The maximum atomic E-state index is 11.6. The van der Waals surface area contributed by atoms with Gasteiger partial charge in [-0.25, -0.2) is 9.59 Å². The van der Waals surface area contributed by atoms with Crippen LogP contribution < -0.4 is 11.4 Å². The SMILES string of the molecule is Nc1ccn([C@H]2C[C@H](O)[C@@H](C(O)C(=O)O)O2)c(=O)n1. The van der Waals surface area contributed by atoms with Crippen LogP contribution in [-0.4, -0.2) is 49.2 Å². The van der Waals surface area contributed by atoms with Crippen LogP contribution >= 0.6 is 0 Å². The van der Waals surface area contributed by atoms with Gasteiger partial charge in [0.1, 0.15) is 18.1 Å². The molecule has 0 aromatic carbocycles. The number of carboxylic acids is 1. The summed E-state index contributed by atoms with van der Waals surface area (Å²) in [5, 5.41) is 27.7. The van der Waals surface area contributed by atoms with Gasteiger partial charge in [0.05, 0.1) is 6.10 Å². The molecule has 1 aromatic heterocycles. The Hall–Kier alpha value is -1.97. The van der Waals surface area contributed by atoms with Crippen LogP contribution in [0.15, 0.2) is 17.1 Å². The number of hydrogen-bond donors (Lipinski definition) is 4. The van der Waals surface area contributed by atoms with Gasteiger partial charge in [0.2, 0.25) is 0 Å². The third-order valence-electron chi connectivity index (χ3n) is 2.86. The van der Waals surface area contributed by atoms with Crippen LogP contribution in [0.4, 0.5) is 5.82 Å². The standard InChI is InChI=1S/C10H13N3O6/c11-5-1-2-13(10(18)12-5)6-3-4(14)8(19-6)7(15)9(16)17/h1-2,4,6-8,14-15H,3H2,(H,16,17)(H2,11,12,18)/t4-,6+,7?,8-/m0/s1. The lowest BCUT2D eigenvalue weighted by atomic mass is 10.1. The summed E-state index contributed by atoms with van der Waals surface area (Å²) in [5.41, 5.74) is 4.66. The van der Waals surface area contributed by atoms with Crippen molar-refractivity contribution in [1.82, 2.24) is 9.55 Å². The van der Waals surface area contributed by atoms with E-state index in [1.807, 2.05) is 0 Å². The molecule has 0 radical (unpaired) electrons. The van der Waals surface area contributed by atoms with E-state index >= 15 is 0 Å². The zero-order valence-electron chi connectivity index (χ0n) is 9.71. The molecule has 9 nitrogen and oxygen atoms in total. The van der Waals surface area contributed by atoms with Crippen molar-refractivity contribution >= 4 is 11.8 Å². The van der Waals surface area contributed by atoms with E-state index in [0.29, 0.717) is 0 Å². The molecular formula is C10H13N3O6. The normalized spacial score (nSPS) is 28.2. The fraction of sp³-hybridized carbons (Fsp3) is 0.500. The number of carbonyl (C=O) groups is 1. The highest BCUT2D eigenvalue weighted by Gasteiger charge is 2.42. The molecule has 1 unspecified atom stereocenters. The molecule has 9 heteroatoms. The zero-order valence-corrected chi connectivity index (χ0v) is 9.71. The van der Waals surface area contributed by atoms with Crippen molar-refractivity contribution in [1.29, 1.82) is 0 Å². The smallest absolute Gasteiger partial charge is 0.351 e. The summed E-state index contributed by atoms with van der Waals surface area (Å²) in [7, 11) is 0. The summed E-state index contributed by atoms with van der Waals surface area (Å²) in [6, 6.07) is 1.37. The molecule has 0 spiro atoms.